The Morgan fingerprint density at radius 3 is 2.88 bits per heavy atom. The average molecular weight is 339 g/mol. The van der Waals surface area contributed by atoms with Gasteiger partial charge in [0.05, 0.1) is 13.7 Å². The van der Waals surface area contributed by atoms with Crippen molar-refractivity contribution in [2.24, 2.45) is 0 Å². The van der Waals surface area contributed by atoms with Crippen molar-refractivity contribution in [1.82, 2.24) is 5.32 Å². The van der Waals surface area contributed by atoms with E-state index in [0.29, 0.717) is 18.9 Å². The second-order valence-electron chi connectivity index (χ2n) is 5.82. The van der Waals surface area contributed by atoms with Crippen LogP contribution >= 0.6 is 0 Å². The Balaban J connectivity index is 1.54. The zero-order valence-corrected chi connectivity index (χ0v) is 14.3. The van der Waals surface area contributed by atoms with Gasteiger partial charge in [0.1, 0.15) is 18.5 Å². The Hall–Kier alpha value is -2.95. The van der Waals surface area contributed by atoms with E-state index >= 15 is 0 Å². The summed E-state index contributed by atoms with van der Waals surface area (Å²) in [5.41, 5.74) is 1.97. The third kappa shape index (κ3) is 4.32. The van der Waals surface area contributed by atoms with Crippen LogP contribution in [0.25, 0.3) is 6.08 Å². The highest BCUT2D eigenvalue weighted by molar-refractivity contribution is 5.92. The first-order valence-corrected chi connectivity index (χ1v) is 8.15. The lowest BCUT2D eigenvalue weighted by Crippen LogP contribution is -2.40. The van der Waals surface area contributed by atoms with Gasteiger partial charge in [0.25, 0.3) is 0 Å². The Kier molecular flexibility index (Phi) is 5.23. The molecule has 25 heavy (non-hydrogen) atoms. The number of benzene rings is 2. The molecular formula is C20H21NO4. The lowest BCUT2D eigenvalue weighted by atomic mass is 10.1. The minimum atomic E-state index is -0.208. The summed E-state index contributed by atoms with van der Waals surface area (Å²) in [4.78, 5) is 12.1. The Bertz CT molecular complexity index is 785. The largest absolute Gasteiger partial charge is 0.496 e. The lowest BCUT2D eigenvalue weighted by molar-refractivity contribution is -0.116. The maximum absolute atomic E-state index is 12.1. The molecule has 1 aliphatic rings. The van der Waals surface area contributed by atoms with Crippen LogP contribution in [0.4, 0.5) is 0 Å². The average Bonchev–Trinajstić information content (AvgIpc) is 2.64. The number of carbonyl (C=O) groups excluding carboxylic acids is 1. The topological polar surface area (TPSA) is 56.8 Å². The van der Waals surface area contributed by atoms with Crippen molar-refractivity contribution in [2.75, 3.05) is 20.3 Å². The summed E-state index contributed by atoms with van der Waals surface area (Å²) >= 11 is 0. The third-order valence-electron chi connectivity index (χ3n) is 3.87. The molecule has 1 unspecified atom stereocenters. The second kappa shape index (κ2) is 7.75. The van der Waals surface area contributed by atoms with E-state index in [2.05, 4.69) is 5.32 Å². The number of amides is 1. The van der Waals surface area contributed by atoms with Gasteiger partial charge in [-0.25, -0.2) is 0 Å². The van der Waals surface area contributed by atoms with Crippen molar-refractivity contribution in [1.29, 1.82) is 0 Å². The molecule has 1 amide bonds. The molecule has 1 aliphatic heterocycles. The van der Waals surface area contributed by atoms with Gasteiger partial charge in [0.2, 0.25) is 5.91 Å². The summed E-state index contributed by atoms with van der Waals surface area (Å²) in [5.74, 6) is 1.98. The quantitative estimate of drug-likeness (QED) is 0.851. The summed E-state index contributed by atoms with van der Waals surface area (Å²) in [7, 11) is 1.61. The number of nitrogens with one attached hydrogen (secondary N) is 1. The predicted molar refractivity (Wildman–Crippen MR) is 96.1 cm³/mol. The SMILES string of the molecule is COc1ccc(C)cc1C=CC(=O)NCC1COc2ccccc2O1. The fourth-order valence-corrected chi connectivity index (χ4v) is 2.59. The molecule has 0 saturated carbocycles. The summed E-state index contributed by atoms with van der Waals surface area (Å²) in [6.07, 6.45) is 3.03. The molecule has 0 bridgehead atoms. The fraction of sp³-hybridized carbons (Fsp3) is 0.250. The number of ether oxygens (including phenoxy) is 3. The van der Waals surface area contributed by atoms with Crippen molar-refractivity contribution >= 4 is 12.0 Å². The molecule has 5 nitrogen and oxygen atoms in total. The van der Waals surface area contributed by atoms with Crippen LogP contribution in [0.5, 0.6) is 17.2 Å². The van der Waals surface area contributed by atoms with Gasteiger partial charge in [-0.3, -0.25) is 4.79 Å². The lowest BCUT2D eigenvalue weighted by Gasteiger charge is -2.26. The van der Waals surface area contributed by atoms with E-state index in [1.807, 2.05) is 49.4 Å². The van der Waals surface area contributed by atoms with Crippen LogP contribution in [0.2, 0.25) is 0 Å². The number of para-hydroxylation sites is 2. The van der Waals surface area contributed by atoms with Gasteiger partial charge >= 0.3 is 0 Å². The molecule has 3 rings (SSSR count). The number of rotatable bonds is 5. The molecule has 0 fully saturated rings. The van der Waals surface area contributed by atoms with Crippen molar-refractivity contribution in [2.45, 2.75) is 13.0 Å². The summed E-state index contributed by atoms with van der Waals surface area (Å²) in [6, 6.07) is 13.3. The van der Waals surface area contributed by atoms with Gasteiger partial charge in [0, 0.05) is 11.6 Å². The van der Waals surface area contributed by atoms with Crippen LogP contribution in [-0.4, -0.2) is 32.3 Å². The monoisotopic (exact) mass is 339 g/mol. The standard InChI is InChI=1S/C20H21NO4/c1-14-7-9-17(23-2)15(11-14)8-10-20(22)21-12-16-13-24-18-5-3-4-6-19(18)25-16/h3-11,16H,12-13H2,1-2H3,(H,21,22). The van der Waals surface area contributed by atoms with Crippen LogP contribution in [0.1, 0.15) is 11.1 Å². The van der Waals surface area contributed by atoms with Gasteiger partial charge in [-0.15, -0.1) is 0 Å². The molecule has 5 heteroatoms. The van der Waals surface area contributed by atoms with E-state index < -0.39 is 0 Å². The molecule has 0 spiro atoms. The first-order valence-electron chi connectivity index (χ1n) is 8.15. The van der Waals surface area contributed by atoms with Crippen LogP contribution in [0.15, 0.2) is 48.5 Å². The minimum Gasteiger partial charge on any atom is -0.496 e. The van der Waals surface area contributed by atoms with Gasteiger partial charge in [-0.1, -0.05) is 23.8 Å². The maximum Gasteiger partial charge on any atom is 0.244 e. The van der Waals surface area contributed by atoms with Crippen molar-refractivity contribution in [3.05, 3.63) is 59.7 Å². The molecular weight excluding hydrogens is 318 g/mol. The van der Waals surface area contributed by atoms with Crippen molar-refractivity contribution in [3.8, 4) is 17.2 Å². The highest BCUT2D eigenvalue weighted by atomic mass is 16.6. The van der Waals surface area contributed by atoms with Crippen LogP contribution in [0, 0.1) is 6.92 Å². The first-order chi connectivity index (χ1) is 12.2. The van der Waals surface area contributed by atoms with E-state index in [4.69, 9.17) is 14.2 Å². The molecule has 1 heterocycles. The highest BCUT2D eigenvalue weighted by Gasteiger charge is 2.20. The number of aryl methyl sites for hydroxylation is 1. The molecule has 1 atom stereocenters. The summed E-state index contributed by atoms with van der Waals surface area (Å²) in [5, 5.41) is 2.83. The third-order valence-corrected chi connectivity index (χ3v) is 3.87. The summed E-state index contributed by atoms with van der Waals surface area (Å²) < 4.78 is 16.7. The van der Waals surface area contributed by atoms with E-state index in [1.165, 1.54) is 6.08 Å². The van der Waals surface area contributed by atoms with Crippen molar-refractivity contribution < 1.29 is 19.0 Å². The molecule has 0 aliphatic carbocycles. The smallest absolute Gasteiger partial charge is 0.244 e. The maximum atomic E-state index is 12.1. The van der Waals surface area contributed by atoms with Gasteiger partial charge in [0.15, 0.2) is 11.5 Å². The Morgan fingerprint density at radius 2 is 2.08 bits per heavy atom. The number of methoxy groups -OCH3 is 1. The molecule has 0 saturated heterocycles. The molecule has 2 aromatic carbocycles. The zero-order chi connectivity index (χ0) is 17.6. The van der Waals surface area contributed by atoms with Crippen LogP contribution in [0.3, 0.4) is 0 Å². The van der Waals surface area contributed by atoms with Gasteiger partial charge < -0.3 is 19.5 Å². The Labute approximate surface area is 147 Å². The molecule has 0 aromatic heterocycles. The molecule has 130 valence electrons. The molecule has 0 radical (unpaired) electrons. The second-order valence-corrected chi connectivity index (χ2v) is 5.82. The van der Waals surface area contributed by atoms with Crippen LogP contribution < -0.4 is 19.5 Å². The van der Waals surface area contributed by atoms with Crippen molar-refractivity contribution in [3.63, 3.8) is 0 Å². The Morgan fingerprint density at radius 1 is 1.28 bits per heavy atom. The number of hydrogen-bond donors (Lipinski definition) is 1. The first kappa shape index (κ1) is 16.9. The van der Waals surface area contributed by atoms with E-state index in [9.17, 15) is 4.79 Å². The zero-order valence-electron chi connectivity index (χ0n) is 14.3. The van der Waals surface area contributed by atoms with Gasteiger partial charge in [-0.05, 0) is 37.3 Å². The van der Waals surface area contributed by atoms with Crippen LogP contribution in [-0.2, 0) is 4.79 Å². The predicted octanol–water partition coefficient (Wildman–Crippen LogP) is 2.97. The normalized spacial score (nSPS) is 15.8. The highest BCUT2D eigenvalue weighted by Crippen LogP contribution is 2.30. The fourth-order valence-electron chi connectivity index (χ4n) is 2.59. The number of fused-ring (bicyclic) bond motifs is 1. The van der Waals surface area contributed by atoms with E-state index in [-0.39, 0.29) is 12.0 Å². The molecule has 2 aromatic rings. The summed E-state index contributed by atoms with van der Waals surface area (Å²) in [6.45, 7) is 2.78. The molecule has 1 N–H and O–H groups in total. The van der Waals surface area contributed by atoms with E-state index in [0.717, 1.165) is 22.6 Å². The minimum absolute atomic E-state index is 0.189. The van der Waals surface area contributed by atoms with E-state index in [1.54, 1.807) is 13.2 Å². The number of carbonyl (C=O) groups is 1. The van der Waals surface area contributed by atoms with Gasteiger partial charge in [-0.2, -0.15) is 0 Å². The number of hydrogen-bond acceptors (Lipinski definition) is 4.